The monoisotopic (exact) mass is 273 g/mol. The average Bonchev–Trinajstić information content (AvgIpc) is 2.44. The molecule has 0 heterocycles. The highest BCUT2D eigenvalue weighted by Crippen LogP contribution is 2.20. The van der Waals surface area contributed by atoms with Crippen molar-refractivity contribution >= 4 is 16.7 Å². The predicted octanol–water partition coefficient (Wildman–Crippen LogP) is 2.37. The van der Waals surface area contributed by atoms with E-state index in [0.717, 1.165) is 16.3 Å². The summed E-state index contributed by atoms with van der Waals surface area (Å²) < 4.78 is 4.99. The number of nitrogens with zero attached hydrogens (tertiary/aromatic N) is 1. The molecule has 0 fully saturated rings. The molecule has 0 saturated carbocycles. The number of hydrogen-bond acceptors (Lipinski definition) is 3. The summed E-state index contributed by atoms with van der Waals surface area (Å²) in [6, 6.07) is 13.6. The van der Waals surface area contributed by atoms with Crippen molar-refractivity contribution in [1.82, 2.24) is 4.90 Å². The molecule has 4 heteroatoms. The topological polar surface area (TPSA) is 49.8 Å². The van der Waals surface area contributed by atoms with Crippen LogP contribution in [0, 0.1) is 0 Å². The van der Waals surface area contributed by atoms with E-state index in [9.17, 15) is 9.90 Å². The highest BCUT2D eigenvalue weighted by Gasteiger charge is 2.22. The maximum atomic E-state index is 11.3. The third kappa shape index (κ3) is 3.15. The maximum Gasteiger partial charge on any atom is 0.323 e. The Labute approximate surface area is 118 Å². The smallest absolute Gasteiger partial charge is 0.323 e. The molecule has 2 rings (SSSR count). The molecule has 0 aromatic heterocycles. The fourth-order valence-corrected chi connectivity index (χ4v) is 2.35. The summed E-state index contributed by atoms with van der Waals surface area (Å²) in [5.41, 5.74) is 1.12. The summed E-state index contributed by atoms with van der Waals surface area (Å²) in [5.74, 6) is -0.866. The summed E-state index contributed by atoms with van der Waals surface area (Å²) in [7, 11) is 3.32. The zero-order valence-corrected chi connectivity index (χ0v) is 11.7. The van der Waals surface area contributed by atoms with Crippen LogP contribution < -0.4 is 0 Å². The second kappa shape index (κ2) is 6.50. The first-order valence-corrected chi connectivity index (χ1v) is 6.52. The number of carbonyl (C=O) groups is 1. The first-order valence-electron chi connectivity index (χ1n) is 6.52. The number of carboxylic acids is 1. The Balaban J connectivity index is 2.25. The van der Waals surface area contributed by atoms with Gasteiger partial charge in [-0.05, 0) is 23.4 Å². The van der Waals surface area contributed by atoms with Crippen LogP contribution in [0.3, 0.4) is 0 Å². The van der Waals surface area contributed by atoms with Crippen molar-refractivity contribution in [3.63, 3.8) is 0 Å². The van der Waals surface area contributed by atoms with Crippen molar-refractivity contribution < 1.29 is 14.6 Å². The van der Waals surface area contributed by atoms with E-state index in [2.05, 4.69) is 18.2 Å². The van der Waals surface area contributed by atoms with Crippen LogP contribution in [0.15, 0.2) is 42.5 Å². The van der Waals surface area contributed by atoms with Crippen LogP contribution in [-0.4, -0.2) is 42.8 Å². The molecule has 1 unspecified atom stereocenters. The van der Waals surface area contributed by atoms with Crippen LogP contribution in [0.4, 0.5) is 0 Å². The van der Waals surface area contributed by atoms with Crippen molar-refractivity contribution in [2.75, 3.05) is 20.8 Å². The third-order valence-corrected chi connectivity index (χ3v) is 3.44. The normalized spacial score (nSPS) is 12.8. The molecule has 106 valence electrons. The molecule has 20 heavy (non-hydrogen) atoms. The largest absolute Gasteiger partial charge is 0.480 e. The quantitative estimate of drug-likeness (QED) is 0.878. The Morgan fingerprint density at radius 1 is 1.25 bits per heavy atom. The second-order valence-electron chi connectivity index (χ2n) is 4.86. The number of benzene rings is 2. The van der Waals surface area contributed by atoms with Crippen molar-refractivity contribution in [2.24, 2.45) is 0 Å². The molecule has 0 saturated heterocycles. The standard InChI is InChI=1S/C16H19NO3/c1-17(15(11-20-2)16(18)19)10-13-8-5-7-12-6-3-4-9-14(12)13/h3-9,15H,10-11H2,1-2H3,(H,18,19). The summed E-state index contributed by atoms with van der Waals surface area (Å²) in [5, 5.41) is 11.6. The summed E-state index contributed by atoms with van der Waals surface area (Å²) in [4.78, 5) is 13.1. The fraction of sp³-hybridized carbons (Fsp3) is 0.312. The molecule has 2 aromatic carbocycles. The van der Waals surface area contributed by atoms with E-state index in [1.807, 2.05) is 24.3 Å². The van der Waals surface area contributed by atoms with Crippen LogP contribution in [0.2, 0.25) is 0 Å². The minimum atomic E-state index is -0.866. The van der Waals surface area contributed by atoms with E-state index in [4.69, 9.17) is 4.74 Å². The van der Waals surface area contributed by atoms with Gasteiger partial charge in [0, 0.05) is 13.7 Å². The zero-order chi connectivity index (χ0) is 14.5. The lowest BCUT2D eigenvalue weighted by Crippen LogP contribution is -2.41. The van der Waals surface area contributed by atoms with E-state index in [-0.39, 0.29) is 6.61 Å². The van der Waals surface area contributed by atoms with E-state index < -0.39 is 12.0 Å². The number of rotatable bonds is 6. The van der Waals surface area contributed by atoms with Gasteiger partial charge in [0.25, 0.3) is 0 Å². The van der Waals surface area contributed by atoms with E-state index in [1.165, 1.54) is 7.11 Å². The molecule has 1 N–H and O–H groups in total. The van der Waals surface area contributed by atoms with E-state index in [0.29, 0.717) is 6.54 Å². The van der Waals surface area contributed by atoms with Crippen molar-refractivity contribution in [1.29, 1.82) is 0 Å². The summed E-state index contributed by atoms with van der Waals surface area (Å²) in [6.07, 6.45) is 0. The molecule has 0 spiro atoms. The number of likely N-dealkylation sites (N-methyl/N-ethyl adjacent to an activating group) is 1. The lowest BCUT2D eigenvalue weighted by atomic mass is 10.0. The number of fused-ring (bicyclic) bond motifs is 1. The average molecular weight is 273 g/mol. The van der Waals surface area contributed by atoms with Crippen LogP contribution in [0.1, 0.15) is 5.56 Å². The van der Waals surface area contributed by atoms with Crippen molar-refractivity contribution in [3.05, 3.63) is 48.0 Å². The van der Waals surface area contributed by atoms with E-state index in [1.54, 1.807) is 11.9 Å². The molecule has 0 amide bonds. The third-order valence-electron chi connectivity index (χ3n) is 3.44. The first kappa shape index (κ1) is 14.5. The molecule has 0 aliphatic rings. The molecule has 4 nitrogen and oxygen atoms in total. The molecule has 2 aromatic rings. The van der Waals surface area contributed by atoms with Gasteiger partial charge < -0.3 is 9.84 Å². The van der Waals surface area contributed by atoms with Crippen molar-refractivity contribution in [3.8, 4) is 0 Å². The minimum Gasteiger partial charge on any atom is -0.480 e. The summed E-state index contributed by atoms with van der Waals surface area (Å²) >= 11 is 0. The molecule has 0 bridgehead atoms. The Hall–Kier alpha value is -1.91. The van der Waals surface area contributed by atoms with Gasteiger partial charge in [-0.3, -0.25) is 9.69 Å². The van der Waals surface area contributed by atoms with Crippen LogP contribution in [0.25, 0.3) is 10.8 Å². The Kier molecular flexibility index (Phi) is 4.71. The van der Waals surface area contributed by atoms with Gasteiger partial charge in [0.05, 0.1) is 6.61 Å². The first-order chi connectivity index (χ1) is 9.63. The highest BCUT2D eigenvalue weighted by atomic mass is 16.5. The number of hydrogen-bond donors (Lipinski definition) is 1. The maximum absolute atomic E-state index is 11.3. The van der Waals surface area contributed by atoms with Crippen molar-refractivity contribution in [2.45, 2.75) is 12.6 Å². The number of aliphatic carboxylic acids is 1. The molecule has 0 aliphatic carbocycles. The molecule has 1 atom stereocenters. The predicted molar refractivity (Wildman–Crippen MR) is 78.7 cm³/mol. The number of carboxylic acid groups (broad SMARTS) is 1. The fourth-order valence-electron chi connectivity index (χ4n) is 2.35. The molecule has 0 radical (unpaired) electrons. The number of ether oxygens (including phenoxy) is 1. The lowest BCUT2D eigenvalue weighted by Gasteiger charge is -2.24. The van der Waals surface area contributed by atoms with Gasteiger partial charge in [0.1, 0.15) is 6.04 Å². The minimum absolute atomic E-state index is 0.177. The molecular formula is C16H19NO3. The van der Waals surface area contributed by atoms with Gasteiger partial charge >= 0.3 is 5.97 Å². The van der Waals surface area contributed by atoms with Gasteiger partial charge in [0.15, 0.2) is 0 Å². The highest BCUT2D eigenvalue weighted by molar-refractivity contribution is 5.85. The van der Waals surface area contributed by atoms with Crippen LogP contribution >= 0.6 is 0 Å². The summed E-state index contributed by atoms with van der Waals surface area (Å²) in [6.45, 7) is 0.748. The Morgan fingerprint density at radius 2 is 1.95 bits per heavy atom. The van der Waals surface area contributed by atoms with Crippen LogP contribution in [0.5, 0.6) is 0 Å². The van der Waals surface area contributed by atoms with Gasteiger partial charge in [-0.25, -0.2) is 0 Å². The second-order valence-corrected chi connectivity index (χ2v) is 4.86. The molecular weight excluding hydrogens is 254 g/mol. The van der Waals surface area contributed by atoms with Gasteiger partial charge in [0.2, 0.25) is 0 Å². The lowest BCUT2D eigenvalue weighted by molar-refractivity contribution is -0.144. The van der Waals surface area contributed by atoms with Gasteiger partial charge in [-0.1, -0.05) is 42.5 Å². The Morgan fingerprint density at radius 3 is 2.65 bits per heavy atom. The SMILES string of the molecule is COCC(C(=O)O)N(C)Cc1cccc2ccccc12. The molecule has 0 aliphatic heterocycles. The van der Waals surface area contributed by atoms with Crippen LogP contribution in [-0.2, 0) is 16.1 Å². The number of methoxy groups -OCH3 is 1. The van der Waals surface area contributed by atoms with Gasteiger partial charge in [-0.15, -0.1) is 0 Å². The Bertz CT molecular complexity index is 592. The van der Waals surface area contributed by atoms with E-state index >= 15 is 0 Å². The van der Waals surface area contributed by atoms with Gasteiger partial charge in [-0.2, -0.15) is 0 Å². The zero-order valence-electron chi connectivity index (χ0n) is 11.7.